The van der Waals surface area contributed by atoms with E-state index in [9.17, 15) is 9.18 Å². The van der Waals surface area contributed by atoms with Gasteiger partial charge in [0, 0.05) is 26.3 Å². The minimum Gasteiger partial charge on any atom is -0.381 e. The molecule has 0 radical (unpaired) electrons. The molecule has 0 bridgehead atoms. The molecule has 1 saturated heterocycles. The molecule has 0 saturated carbocycles. The van der Waals surface area contributed by atoms with Gasteiger partial charge in [0.1, 0.15) is 5.82 Å². The van der Waals surface area contributed by atoms with Crippen LogP contribution in [0.1, 0.15) is 12.8 Å². The monoisotopic (exact) mass is 350 g/mol. The van der Waals surface area contributed by atoms with Crippen LogP contribution in [0, 0.1) is 5.82 Å². The van der Waals surface area contributed by atoms with Crippen LogP contribution in [-0.2, 0) is 16.6 Å². The van der Waals surface area contributed by atoms with E-state index in [-0.39, 0.29) is 23.5 Å². The summed E-state index contributed by atoms with van der Waals surface area (Å²) in [5.74, 6) is 0.310. The average Bonchev–Trinajstić information content (AvgIpc) is 2.95. The summed E-state index contributed by atoms with van der Waals surface area (Å²) in [4.78, 5) is 12.0. The highest BCUT2D eigenvalue weighted by molar-refractivity contribution is 7.99. The second kappa shape index (κ2) is 7.76. The van der Waals surface area contributed by atoms with Gasteiger partial charge >= 0.3 is 0 Å². The van der Waals surface area contributed by atoms with Crippen molar-refractivity contribution in [3.05, 3.63) is 30.1 Å². The molecule has 0 unspecified atom stereocenters. The van der Waals surface area contributed by atoms with Gasteiger partial charge in [-0.25, -0.2) is 4.39 Å². The van der Waals surface area contributed by atoms with E-state index in [0.29, 0.717) is 29.8 Å². The van der Waals surface area contributed by atoms with Gasteiger partial charge in [-0.15, -0.1) is 10.2 Å². The number of nitrogens with zero attached hydrogens (tertiary/aromatic N) is 3. The molecule has 6 nitrogen and oxygen atoms in total. The van der Waals surface area contributed by atoms with Crippen LogP contribution in [-0.4, -0.2) is 45.7 Å². The third kappa shape index (κ3) is 3.93. The first kappa shape index (κ1) is 16.9. The van der Waals surface area contributed by atoms with Crippen LogP contribution in [0.15, 0.2) is 29.4 Å². The Morgan fingerprint density at radius 3 is 2.88 bits per heavy atom. The van der Waals surface area contributed by atoms with Gasteiger partial charge < -0.3 is 14.6 Å². The zero-order chi connectivity index (χ0) is 16.9. The number of benzene rings is 1. The molecule has 1 aliphatic rings. The van der Waals surface area contributed by atoms with E-state index in [4.69, 9.17) is 4.74 Å². The molecule has 3 rings (SSSR count). The fraction of sp³-hybridized carbons (Fsp3) is 0.438. The molecule has 128 valence electrons. The maximum absolute atomic E-state index is 13.9. The summed E-state index contributed by atoms with van der Waals surface area (Å²) >= 11 is 1.29. The number of halogens is 1. The van der Waals surface area contributed by atoms with Crippen molar-refractivity contribution in [2.45, 2.75) is 24.0 Å². The highest BCUT2D eigenvalue weighted by Gasteiger charge is 2.18. The third-order valence-electron chi connectivity index (χ3n) is 3.87. The number of thioether (sulfide) groups is 1. The Bertz CT molecular complexity index is 716. The van der Waals surface area contributed by atoms with Crippen molar-refractivity contribution in [2.75, 3.05) is 19.0 Å². The van der Waals surface area contributed by atoms with Gasteiger partial charge in [-0.1, -0.05) is 23.9 Å². The van der Waals surface area contributed by atoms with E-state index in [2.05, 4.69) is 15.5 Å². The SMILES string of the molecule is Cn1c(SCC(=O)NC2CCOCC2)nnc1-c1ccccc1F. The summed E-state index contributed by atoms with van der Waals surface area (Å²) < 4.78 is 20.8. The summed E-state index contributed by atoms with van der Waals surface area (Å²) in [6.07, 6.45) is 1.69. The smallest absolute Gasteiger partial charge is 0.230 e. The molecule has 1 aromatic heterocycles. The Labute approximate surface area is 143 Å². The first-order valence-corrected chi connectivity index (χ1v) is 8.78. The van der Waals surface area contributed by atoms with Crippen molar-refractivity contribution in [1.82, 2.24) is 20.1 Å². The molecule has 0 atom stereocenters. The van der Waals surface area contributed by atoms with E-state index in [1.165, 1.54) is 17.8 Å². The molecule has 8 heteroatoms. The molecular weight excluding hydrogens is 331 g/mol. The largest absolute Gasteiger partial charge is 0.381 e. The Hall–Kier alpha value is -1.93. The van der Waals surface area contributed by atoms with E-state index >= 15 is 0 Å². The van der Waals surface area contributed by atoms with Gasteiger partial charge in [-0.3, -0.25) is 4.79 Å². The van der Waals surface area contributed by atoms with Gasteiger partial charge in [0.15, 0.2) is 11.0 Å². The predicted molar refractivity (Wildman–Crippen MR) is 89.1 cm³/mol. The number of nitrogens with one attached hydrogen (secondary N) is 1. The summed E-state index contributed by atoms with van der Waals surface area (Å²) in [5, 5.41) is 11.7. The molecule has 0 aliphatic carbocycles. The fourth-order valence-corrected chi connectivity index (χ4v) is 3.28. The summed E-state index contributed by atoms with van der Waals surface area (Å²) in [7, 11) is 1.76. The van der Waals surface area contributed by atoms with Crippen molar-refractivity contribution in [3.63, 3.8) is 0 Å². The first-order chi connectivity index (χ1) is 11.6. The van der Waals surface area contributed by atoms with Crippen LogP contribution in [0.3, 0.4) is 0 Å². The van der Waals surface area contributed by atoms with E-state index in [0.717, 1.165) is 12.8 Å². The molecular formula is C16H19FN4O2S. The predicted octanol–water partition coefficient (Wildman–Crippen LogP) is 2.01. The number of hydrogen-bond donors (Lipinski definition) is 1. The molecule has 1 fully saturated rings. The quantitative estimate of drug-likeness (QED) is 0.836. The van der Waals surface area contributed by atoms with Crippen molar-refractivity contribution in [3.8, 4) is 11.4 Å². The van der Waals surface area contributed by atoms with Crippen LogP contribution in [0.25, 0.3) is 11.4 Å². The average molecular weight is 350 g/mol. The van der Waals surface area contributed by atoms with Crippen molar-refractivity contribution in [2.24, 2.45) is 7.05 Å². The number of hydrogen-bond acceptors (Lipinski definition) is 5. The summed E-state index contributed by atoms with van der Waals surface area (Å²) in [6.45, 7) is 1.38. The highest BCUT2D eigenvalue weighted by Crippen LogP contribution is 2.24. The van der Waals surface area contributed by atoms with Gasteiger partial charge in [-0.05, 0) is 25.0 Å². The lowest BCUT2D eigenvalue weighted by Gasteiger charge is -2.22. The standard InChI is InChI=1S/C16H19FN4O2S/c1-21-15(12-4-2-3-5-13(12)17)19-20-16(21)24-10-14(22)18-11-6-8-23-9-7-11/h2-5,11H,6-10H2,1H3,(H,18,22). The van der Waals surface area contributed by atoms with Crippen LogP contribution in [0.5, 0.6) is 0 Å². The maximum Gasteiger partial charge on any atom is 0.230 e. The topological polar surface area (TPSA) is 69.0 Å². The molecule has 0 spiro atoms. The van der Waals surface area contributed by atoms with Crippen LogP contribution in [0.4, 0.5) is 4.39 Å². The van der Waals surface area contributed by atoms with Gasteiger partial charge in [0.05, 0.1) is 11.3 Å². The van der Waals surface area contributed by atoms with Gasteiger partial charge in [-0.2, -0.15) is 0 Å². The first-order valence-electron chi connectivity index (χ1n) is 7.79. The Balaban J connectivity index is 1.60. The molecule has 1 aliphatic heterocycles. The molecule has 1 N–H and O–H groups in total. The fourth-order valence-electron chi connectivity index (χ4n) is 2.56. The van der Waals surface area contributed by atoms with Crippen molar-refractivity contribution >= 4 is 17.7 Å². The van der Waals surface area contributed by atoms with Crippen molar-refractivity contribution < 1.29 is 13.9 Å². The number of carbonyl (C=O) groups is 1. The number of carbonyl (C=O) groups excluding carboxylic acids is 1. The minimum atomic E-state index is -0.346. The number of aromatic nitrogens is 3. The Kier molecular flexibility index (Phi) is 5.47. The lowest BCUT2D eigenvalue weighted by Crippen LogP contribution is -2.39. The normalized spacial score (nSPS) is 15.4. The van der Waals surface area contributed by atoms with Gasteiger partial charge in [0.25, 0.3) is 0 Å². The molecule has 1 amide bonds. The van der Waals surface area contributed by atoms with E-state index in [1.807, 2.05) is 0 Å². The minimum absolute atomic E-state index is 0.0395. The lowest BCUT2D eigenvalue weighted by atomic mass is 10.1. The number of rotatable bonds is 5. The second-order valence-electron chi connectivity index (χ2n) is 5.59. The number of amides is 1. The third-order valence-corrected chi connectivity index (χ3v) is 4.89. The highest BCUT2D eigenvalue weighted by atomic mass is 32.2. The zero-order valence-corrected chi connectivity index (χ0v) is 14.2. The van der Waals surface area contributed by atoms with E-state index < -0.39 is 0 Å². The van der Waals surface area contributed by atoms with Crippen LogP contribution in [0.2, 0.25) is 0 Å². The van der Waals surface area contributed by atoms with Crippen LogP contribution < -0.4 is 5.32 Å². The van der Waals surface area contributed by atoms with Gasteiger partial charge in [0.2, 0.25) is 5.91 Å². The molecule has 24 heavy (non-hydrogen) atoms. The lowest BCUT2D eigenvalue weighted by molar-refractivity contribution is -0.119. The van der Waals surface area contributed by atoms with Crippen molar-refractivity contribution in [1.29, 1.82) is 0 Å². The molecule has 2 heterocycles. The zero-order valence-electron chi connectivity index (χ0n) is 13.4. The maximum atomic E-state index is 13.9. The summed E-state index contributed by atoms with van der Waals surface area (Å²) in [5.41, 5.74) is 0.394. The van der Waals surface area contributed by atoms with Crippen LogP contribution >= 0.6 is 11.8 Å². The Morgan fingerprint density at radius 1 is 1.38 bits per heavy atom. The van der Waals surface area contributed by atoms with E-state index in [1.54, 1.807) is 29.8 Å². The second-order valence-corrected chi connectivity index (χ2v) is 6.53. The Morgan fingerprint density at radius 2 is 2.12 bits per heavy atom. The number of ether oxygens (including phenoxy) is 1. The summed E-state index contributed by atoms with van der Waals surface area (Å²) in [6, 6.07) is 6.61. The molecule has 2 aromatic rings. The molecule has 1 aromatic carbocycles.